The predicted molar refractivity (Wildman–Crippen MR) is 389 cm³/mol. The van der Waals surface area contributed by atoms with Crippen molar-refractivity contribution in [2.75, 3.05) is 5.32 Å². The van der Waals surface area contributed by atoms with Crippen molar-refractivity contribution in [2.45, 2.75) is 0 Å². The number of para-hydroxylation sites is 1. The monoisotopic (exact) mass is 1210 g/mol. The molecule has 0 aromatic heterocycles. The molecule has 0 aliphatic rings. The number of hydrogen-bond donors (Lipinski definition) is 1. The van der Waals surface area contributed by atoms with Gasteiger partial charge in [0.15, 0.2) is 16.1 Å². The summed E-state index contributed by atoms with van der Waals surface area (Å²) < 4.78 is 0. The molecule has 0 saturated heterocycles. The van der Waals surface area contributed by atoms with E-state index in [1.807, 2.05) is 24.3 Å². The highest BCUT2D eigenvalue weighted by Gasteiger charge is 2.43. The van der Waals surface area contributed by atoms with E-state index in [0.717, 1.165) is 21.4 Å². The normalized spacial score (nSPS) is 11.5. The molecular weight excluding hydrogens is 1150 g/mol. The fourth-order valence-electron chi connectivity index (χ4n) is 13.6. The fraction of sp³-hybridized carbons (Fsp3) is 0. The maximum Gasteiger partial charge on any atom is 0.179 e. The van der Waals surface area contributed by atoms with Gasteiger partial charge in [-0.25, -0.2) is 0 Å². The molecule has 0 fully saturated rings. The molecule has 1 N–H and O–H groups in total. The van der Waals surface area contributed by atoms with Crippen molar-refractivity contribution in [1.82, 2.24) is 0 Å². The molecule has 0 saturated carbocycles. The van der Waals surface area contributed by atoms with E-state index in [-0.39, 0.29) is 0 Å². The molecule has 0 bridgehead atoms. The van der Waals surface area contributed by atoms with Crippen LogP contribution >= 0.6 is 23.2 Å². The van der Waals surface area contributed by atoms with Gasteiger partial charge in [0.05, 0.1) is 0 Å². The minimum atomic E-state index is -2.70. The predicted octanol–water partition coefficient (Wildman–Crippen LogP) is 17.6. The van der Waals surface area contributed by atoms with E-state index in [4.69, 9.17) is 23.2 Å². The van der Waals surface area contributed by atoms with Crippen molar-refractivity contribution in [3.8, 4) is 33.4 Å². The summed E-state index contributed by atoms with van der Waals surface area (Å²) in [6, 6.07) is 132. The molecule has 0 unspecified atom stereocenters. The molecule has 5 heteroatoms. The first-order valence-corrected chi connectivity index (χ1v) is 35.0. The van der Waals surface area contributed by atoms with Crippen LogP contribution in [0.5, 0.6) is 0 Å². The van der Waals surface area contributed by atoms with Crippen LogP contribution in [0.25, 0.3) is 65.7 Å². The Balaban J connectivity index is 0.000000182. The summed E-state index contributed by atoms with van der Waals surface area (Å²) in [5.74, 6) is 0. The quantitative estimate of drug-likeness (QED) is 0.0689. The molecular formula is C84H61Cl2NSi2. The number of halogens is 2. The molecule has 0 heterocycles. The molecule has 15 rings (SSSR count). The number of anilines is 2. The molecule has 0 aliphatic carbocycles. The first-order chi connectivity index (χ1) is 44.0. The first kappa shape index (κ1) is 56.7. The highest BCUT2D eigenvalue weighted by atomic mass is 35.5. The Morgan fingerprint density at radius 1 is 0.202 bits per heavy atom. The fourth-order valence-corrected chi connectivity index (χ4v) is 23.4. The molecule has 0 aliphatic heterocycles. The summed E-state index contributed by atoms with van der Waals surface area (Å²) in [7, 11) is -5.38. The Kier molecular flexibility index (Phi) is 16.1. The van der Waals surface area contributed by atoms with Crippen LogP contribution in [-0.2, 0) is 0 Å². The Bertz CT molecular complexity index is 4600. The smallest absolute Gasteiger partial charge is 0.179 e. The van der Waals surface area contributed by atoms with Gasteiger partial charge in [0.2, 0.25) is 0 Å². The van der Waals surface area contributed by atoms with E-state index in [1.165, 1.54) is 107 Å². The minimum Gasteiger partial charge on any atom is -0.355 e. The lowest BCUT2D eigenvalue weighted by atomic mass is 9.88. The van der Waals surface area contributed by atoms with E-state index in [2.05, 4.69) is 345 Å². The molecule has 0 radical (unpaired) electrons. The van der Waals surface area contributed by atoms with E-state index >= 15 is 0 Å². The van der Waals surface area contributed by atoms with Gasteiger partial charge >= 0.3 is 0 Å². The van der Waals surface area contributed by atoms with Gasteiger partial charge in [-0.1, -0.05) is 333 Å². The van der Waals surface area contributed by atoms with Crippen molar-refractivity contribution < 1.29 is 0 Å². The zero-order valence-corrected chi connectivity index (χ0v) is 52.4. The summed E-state index contributed by atoms with van der Waals surface area (Å²) in [5, 5.41) is 23.8. The molecule has 424 valence electrons. The van der Waals surface area contributed by atoms with Crippen LogP contribution in [0, 0.1) is 0 Å². The van der Waals surface area contributed by atoms with Crippen molar-refractivity contribution in [3.05, 3.63) is 374 Å². The van der Waals surface area contributed by atoms with E-state index in [9.17, 15) is 0 Å². The van der Waals surface area contributed by atoms with Crippen LogP contribution in [0.1, 0.15) is 0 Å². The maximum absolute atomic E-state index is 6.17. The molecule has 15 aromatic carbocycles. The van der Waals surface area contributed by atoms with E-state index in [0.29, 0.717) is 0 Å². The summed E-state index contributed by atoms with van der Waals surface area (Å²) in [4.78, 5) is 0. The number of benzene rings is 15. The lowest BCUT2D eigenvalue weighted by Gasteiger charge is -2.35. The molecule has 89 heavy (non-hydrogen) atoms. The van der Waals surface area contributed by atoms with Gasteiger partial charge in [0, 0.05) is 27.0 Å². The van der Waals surface area contributed by atoms with Crippen LogP contribution in [-0.4, -0.2) is 16.1 Å². The molecule has 0 spiro atoms. The minimum absolute atomic E-state index is 0.747. The summed E-state index contributed by atoms with van der Waals surface area (Å²) >= 11 is 12.3. The standard InChI is InChI=1S/C54H43NSi2.C30H18Cl2/c1-7-25-45(26-8-1)56(46-27-9-2-10-28-46,47-29-11-3-12-30-47)51-37-21-23-43(41-51)53-39-19-20-40-54(53)55-44-24-22-38-52(42-44)57(48-31-13-4-14-32-48,49-33-15-5-16-34-49)50-35-17-6-18-36-50;31-21-13-9-19(10-14-21)27-17-30-26-8-4-2-6-24(26)28(20-11-15-22(32)16-12-20)18-29(30)25-7-3-1-5-23(25)27/h1-42,55H;1-18H. The van der Waals surface area contributed by atoms with Gasteiger partial charge < -0.3 is 5.32 Å². The summed E-state index contributed by atoms with van der Waals surface area (Å²) in [6.07, 6.45) is 0. The van der Waals surface area contributed by atoms with Gasteiger partial charge in [-0.3, -0.25) is 0 Å². The highest BCUT2D eigenvalue weighted by molar-refractivity contribution is 7.20. The van der Waals surface area contributed by atoms with Crippen LogP contribution in [0.4, 0.5) is 11.4 Å². The highest BCUT2D eigenvalue weighted by Crippen LogP contribution is 2.42. The largest absolute Gasteiger partial charge is 0.355 e. The molecule has 0 atom stereocenters. The first-order valence-electron chi connectivity index (χ1n) is 30.3. The number of fused-ring (bicyclic) bond motifs is 5. The number of hydrogen-bond acceptors (Lipinski definition) is 1. The maximum atomic E-state index is 6.17. The number of nitrogens with one attached hydrogen (secondary N) is 1. The van der Waals surface area contributed by atoms with Crippen molar-refractivity contribution in [2.24, 2.45) is 0 Å². The third kappa shape index (κ3) is 10.9. The SMILES string of the molecule is Clc1ccc(-c2cc3c4ccccc4c(-c4ccc(Cl)cc4)cc3c3ccccc23)cc1.c1ccc([Si](c2ccccc2)(c2ccccc2)c2cccc(Nc3ccccc3-c3cccc([Si](c4ccccc4)(c4ccccc4)c4ccccc4)c3)c2)cc1. The van der Waals surface area contributed by atoms with Crippen LogP contribution in [0.15, 0.2) is 364 Å². The van der Waals surface area contributed by atoms with Crippen molar-refractivity contribution in [1.29, 1.82) is 0 Å². The van der Waals surface area contributed by atoms with Crippen LogP contribution < -0.4 is 46.8 Å². The third-order valence-corrected chi connectivity index (χ3v) is 27.6. The molecule has 15 aromatic rings. The topological polar surface area (TPSA) is 12.0 Å². The Morgan fingerprint density at radius 2 is 0.517 bits per heavy atom. The summed E-state index contributed by atoms with van der Waals surface area (Å²) in [6.45, 7) is 0. The zero-order valence-electron chi connectivity index (χ0n) is 48.9. The lowest BCUT2D eigenvalue weighted by Crippen LogP contribution is -2.74. The van der Waals surface area contributed by atoms with E-state index < -0.39 is 16.1 Å². The van der Waals surface area contributed by atoms with Gasteiger partial charge in [-0.2, -0.15) is 0 Å². The second-order valence-electron chi connectivity index (χ2n) is 22.6. The Morgan fingerprint density at radius 3 is 0.910 bits per heavy atom. The van der Waals surface area contributed by atoms with Gasteiger partial charge in [0.25, 0.3) is 0 Å². The van der Waals surface area contributed by atoms with Crippen molar-refractivity contribution >= 4 is 125 Å². The van der Waals surface area contributed by atoms with Gasteiger partial charge in [-0.15, -0.1) is 0 Å². The second kappa shape index (κ2) is 25.3. The average Bonchev–Trinajstić information content (AvgIpc) is 0.954. The van der Waals surface area contributed by atoms with Gasteiger partial charge in [-0.05, 0) is 156 Å². The second-order valence-corrected chi connectivity index (χ2v) is 31.1. The molecule has 1 nitrogen and oxygen atoms in total. The van der Waals surface area contributed by atoms with E-state index in [1.54, 1.807) is 0 Å². The number of rotatable bonds is 13. The summed E-state index contributed by atoms with van der Waals surface area (Å²) in [5.41, 5.74) is 9.26. The van der Waals surface area contributed by atoms with Crippen LogP contribution in [0.3, 0.4) is 0 Å². The zero-order chi connectivity index (χ0) is 60.0. The van der Waals surface area contributed by atoms with Gasteiger partial charge in [0.1, 0.15) is 0 Å². The third-order valence-electron chi connectivity index (χ3n) is 17.5. The molecule has 0 amide bonds. The Labute approximate surface area is 533 Å². The lowest BCUT2D eigenvalue weighted by molar-refractivity contribution is 1.54. The van der Waals surface area contributed by atoms with Crippen molar-refractivity contribution in [3.63, 3.8) is 0 Å². The average molecular weight is 1210 g/mol. The van der Waals surface area contributed by atoms with Crippen LogP contribution in [0.2, 0.25) is 10.0 Å². The Hall–Kier alpha value is -10.1.